The summed E-state index contributed by atoms with van der Waals surface area (Å²) >= 11 is 0. The Hall–Kier alpha value is -3.02. The summed E-state index contributed by atoms with van der Waals surface area (Å²) in [4.78, 5) is 12.6. The second kappa shape index (κ2) is 36.8. The van der Waals surface area contributed by atoms with Crippen molar-refractivity contribution in [3.8, 4) is 0 Å². The maximum Gasteiger partial charge on any atom is 0.416 e. The number of nitrogens with one attached hydrogen (secondary N) is 1. The molecule has 2 aromatic rings. The average molecular weight is 853 g/mol. The molecule has 2 rings (SSSR count). The Balaban J connectivity index is 1.25. The van der Waals surface area contributed by atoms with Gasteiger partial charge < -0.3 is 72.6 Å². The minimum Gasteiger partial charge on any atom is -0.460 e. The monoisotopic (exact) mass is 852 g/mol. The van der Waals surface area contributed by atoms with Crippen LogP contribution in [-0.4, -0.2) is 178 Å². The van der Waals surface area contributed by atoms with Crippen molar-refractivity contribution in [2.45, 2.75) is 6.18 Å². The van der Waals surface area contributed by atoms with E-state index in [0.29, 0.717) is 164 Å². The number of carbonyl (C=O) groups is 1. The van der Waals surface area contributed by atoms with Crippen molar-refractivity contribution >= 4 is 17.3 Å². The number of hydrogen-bond donors (Lipinski definition) is 2. The van der Waals surface area contributed by atoms with Crippen molar-refractivity contribution in [2.75, 3.05) is 177 Å². The molecule has 59 heavy (non-hydrogen) atoms. The fourth-order valence-corrected chi connectivity index (χ4v) is 4.57. The molecule has 0 saturated heterocycles. The van der Waals surface area contributed by atoms with Gasteiger partial charge in [-0.05, 0) is 30.3 Å². The van der Waals surface area contributed by atoms with Gasteiger partial charge in [-0.1, -0.05) is 18.2 Å². The van der Waals surface area contributed by atoms with Crippen molar-refractivity contribution < 1.29 is 79.5 Å². The molecule has 19 heteroatoms. The van der Waals surface area contributed by atoms with Crippen LogP contribution in [0, 0.1) is 0 Å². The molecule has 3 N–H and O–H groups in total. The first kappa shape index (κ1) is 52.1. The van der Waals surface area contributed by atoms with E-state index in [1.165, 1.54) is 18.2 Å². The smallest absolute Gasteiger partial charge is 0.416 e. The molecular weight excluding hydrogens is 789 g/mol. The number of nitrogens with two attached hydrogens (primary N) is 1. The van der Waals surface area contributed by atoms with Crippen LogP contribution < -0.4 is 11.1 Å². The van der Waals surface area contributed by atoms with E-state index in [9.17, 15) is 18.0 Å². The van der Waals surface area contributed by atoms with Gasteiger partial charge in [-0.2, -0.15) is 13.2 Å². The summed E-state index contributed by atoms with van der Waals surface area (Å²) in [7, 11) is 0. The first-order chi connectivity index (χ1) is 28.9. The van der Waals surface area contributed by atoms with Gasteiger partial charge in [-0.15, -0.1) is 0 Å². The van der Waals surface area contributed by atoms with Gasteiger partial charge in [0, 0.05) is 12.2 Å². The molecule has 0 atom stereocenters. The van der Waals surface area contributed by atoms with Gasteiger partial charge in [0.1, 0.15) is 6.61 Å². The molecule has 0 heterocycles. The molecule has 0 saturated carbocycles. The van der Waals surface area contributed by atoms with Crippen LogP contribution in [0.25, 0.3) is 0 Å². The number of anilines is 2. The average Bonchev–Trinajstić information content (AvgIpc) is 3.23. The van der Waals surface area contributed by atoms with E-state index in [-0.39, 0.29) is 24.5 Å². The molecular formula is C40H63F3N2O14. The van der Waals surface area contributed by atoms with Crippen LogP contribution in [0.15, 0.2) is 48.5 Å². The Morgan fingerprint density at radius 2 is 0.797 bits per heavy atom. The highest BCUT2D eigenvalue weighted by Crippen LogP contribution is 2.32. The van der Waals surface area contributed by atoms with E-state index in [2.05, 4.69) is 5.32 Å². The summed E-state index contributed by atoms with van der Waals surface area (Å²) in [6.07, 6.45) is -4.48. The van der Waals surface area contributed by atoms with Gasteiger partial charge in [-0.3, -0.25) is 0 Å². The van der Waals surface area contributed by atoms with Crippen LogP contribution in [0.2, 0.25) is 0 Å². The molecule has 2 aromatic carbocycles. The first-order valence-electron chi connectivity index (χ1n) is 19.7. The van der Waals surface area contributed by atoms with Crippen LogP contribution in [0.5, 0.6) is 0 Å². The number of hydrogen-bond acceptors (Lipinski definition) is 16. The van der Waals surface area contributed by atoms with Crippen LogP contribution in [0.1, 0.15) is 15.9 Å². The van der Waals surface area contributed by atoms with Crippen molar-refractivity contribution in [1.82, 2.24) is 0 Å². The maximum absolute atomic E-state index is 13.1. The van der Waals surface area contributed by atoms with E-state index < -0.39 is 17.7 Å². The summed E-state index contributed by atoms with van der Waals surface area (Å²) in [5.41, 5.74) is 5.23. The Bertz CT molecular complexity index is 1280. The number of rotatable bonds is 41. The summed E-state index contributed by atoms with van der Waals surface area (Å²) in [6.45, 7) is 11.2. The normalized spacial score (nSPS) is 11.7. The molecule has 0 aliphatic carbocycles. The van der Waals surface area contributed by atoms with Crippen molar-refractivity contribution in [1.29, 1.82) is 0 Å². The van der Waals surface area contributed by atoms with Crippen molar-refractivity contribution in [3.05, 3.63) is 59.7 Å². The van der Waals surface area contributed by atoms with Gasteiger partial charge in [0.25, 0.3) is 0 Å². The Morgan fingerprint density at radius 1 is 0.458 bits per heavy atom. The van der Waals surface area contributed by atoms with Gasteiger partial charge in [0.15, 0.2) is 0 Å². The third-order valence-electron chi connectivity index (χ3n) is 7.43. The quantitative estimate of drug-likeness (QED) is 0.0730. The molecule has 0 aliphatic heterocycles. The molecule has 0 radical (unpaired) electrons. The van der Waals surface area contributed by atoms with Crippen LogP contribution in [0.4, 0.5) is 24.5 Å². The highest BCUT2D eigenvalue weighted by atomic mass is 19.4. The zero-order chi connectivity index (χ0) is 42.3. The highest BCUT2D eigenvalue weighted by molar-refractivity contribution is 5.96. The van der Waals surface area contributed by atoms with E-state index in [0.717, 1.165) is 12.1 Å². The number of ether oxygens (including phenoxy) is 13. The van der Waals surface area contributed by atoms with Crippen LogP contribution >= 0.6 is 0 Å². The maximum atomic E-state index is 13.1. The fraction of sp³-hybridized carbons (Fsp3) is 0.675. The molecule has 0 unspecified atom stereocenters. The zero-order valence-corrected chi connectivity index (χ0v) is 33.9. The third kappa shape index (κ3) is 29.8. The molecule has 16 nitrogen and oxygen atoms in total. The standard InChI is InChI=1S/C40H63F3N2O14/c41-40(42,43)35-4-3-5-36(34-35)45-38-7-2-1-6-37(38)39(46)59-33-32-58-31-30-57-29-28-56-27-26-55-25-24-54-23-22-53-21-20-52-19-18-51-17-16-50-15-14-49-13-12-48-11-10-47-9-8-44/h1-7,34,45H,8-33,44H2. The van der Waals surface area contributed by atoms with Gasteiger partial charge in [0.2, 0.25) is 0 Å². The lowest BCUT2D eigenvalue weighted by Crippen LogP contribution is -2.16. The molecule has 0 aromatic heterocycles. The number of esters is 1. The fourth-order valence-electron chi connectivity index (χ4n) is 4.57. The van der Waals surface area contributed by atoms with E-state index in [4.69, 9.17) is 67.3 Å². The lowest BCUT2D eigenvalue weighted by atomic mass is 10.1. The third-order valence-corrected chi connectivity index (χ3v) is 7.43. The number of halogens is 3. The molecule has 338 valence electrons. The molecule has 0 spiro atoms. The Morgan fingerprint density at radius 3 is 1.15 bits per heavy atom. The van der Waals surface area contributed by atoms with E-state index in [1.807, 2.05) is 0 Å². The molecule has 0 bridgehead atoms. The largest absolute Gasteiger partial charge is 0.460 e. The summed E-state index contributed by atoms with van der Waals surface area (Å²) in [5.74, 6) is -0.631. The SMILES string of the molecule is NCCOCCOCCOCCOCCOCCOCCOCCOCCOCCOCCOCCOCCOC(=O)c1ccccc1Nc1cccc(C(F)(F)F)c1. The van der Waals surface area contributed by atoms with Gasteiger partial charge in [0.05, 0.1) is 175 Å². The predicted molar refractivity (Wildman–Crippen MR) is 210 cm³/mol. The van der Waals surface area contributed by atoms with E-state index >= 15 is 0 Å². The number of para-hydroxylation sites is 1. The Labute approximate surface area is 345 Å². The molecule has 0 fully saturated rings. The minimum absolute atomic E-state index is 0.00544. The van der Waals surface area contributed by atoms with Crippen LogP contribution in [0.3, 0.4) is 0 Å². The molecule has 0 aliphatic rings. The van der Waals surface area contributed by atoms with Crippen LogP contribution in [-0.2, 0) is 67.8 Å². The second-order valence-electron chi connectivity index (χ2n) is 12.0. The highest BCUT2D eigenvalue weighted by Gasteiger charge is 2.30. The first-order valence-corrected chi connectivity index (χ1v) is 19.7. The lowest BCUT2D eigenvalue weighted by molar-refractivity contribution is -0.137. The van der Waals surface area contributed by atoms with Crippen molar-refractivity contribution in [3.63, 3.8) is 0 Å². The topological polar surface area (TPSA) is 175 Å². The zero-order valence-electron chi connectivity index (χ0n) is 33.9. The predicted octanol–water partition coefficient (Wildman–Crippen LogP) is 3.76. The van der Waals surface area contributed by atoms with Gasteiger partial charge in [-0.25, -0.2) is 4.79 Å². The number of alkyl halides is 3. The second-order valence-corrected chi connectivity index (χ2v) is 12.0. The molecule has 0 amide bonds. The summed E-state index contributed by atoms with van der Waals surface area (Å²) < 4.78 is 110. The van der Waals surface area contributed by atoms with Crippen molar-refractivity contribution in [2.24, 2.45) is 5.73 Å². The minimum atomic E-state index is -4.48. The number of benzene rings is 2. The summed E-state index contributed by atoms with van der Waals surface area (Å²) in [6, 6.07) is 11.1. The van der Waals surface area contributed by atoms with E-state index in [1.54, 1.807) is 18.2 Å². The number of carbonyl (C=O) groups excluding carboxylic acids is 1. The summed E-state index contributed by atoms with van der Waals surface area (Å²) in [5, 5.41) is 2.86. The lowest BCUT2D eigenvalue weighted by Gasteiger charge is -2.13. The van der Waals surface area contributed by atoms with Gasteiger partial charge >= 0.3 is 12.1 Å². The Kier molecular flexibility index (Phi) is 32.5.